The van der Waals surface area contributed by atoms with Crippen LogP contribution in [0.5, 0.6) is 0 Å². The van der Waals surface area contributed by atoms with E-state index < -0.39 is 0 Å². The van der Waals surface area contributed by atoms with E-state index in [-0.39, 0.29) is 0 Å². The van der Waals surface area contributed by atoms with Crippen LogP contribution in [-0.2, 0) is 0 Å². The molecule has 1 rings (SSSR count). The van der Waals surface area contributed by atoms with Gasteiger partial charge < -0.3 is 5.32 Å². The van der Waals surface area contributed by atoms with Crippen molar-refractivity contribution in [2.75, 3.05) is 0 Å². The van der Waals surface area contributed by atoms with Crippen molar-refractivity contribution in [1.82, 2.24) is 5.32 Å². The Bertz CT molecular complexity index is 192. The van der Waals surface area contributed by atoms with Crippen LogP contribution in [0.3, 0.4) is 0 Å². The van der Waals surface area contributed by atoms with Gasteiger partial charge in [-0.3, -0.25) is 0 Å². The summed E-state index contributed by atoms with van der Waals surface area (Å²) in [5.74, 6) is 0.908. The third-order valence-electron chi connectivity index (χ3n) is 3.40. The Balaban J connectivity index is 2.35. The van der Waals surface area contributed by atoms with Crippen LogP contribution in [0.4, 0.5) is 0 Å². The lowest BCUT2D eigenvalue weighted by atomic mass is 9.71. The van der Waals surface area contributed by atoms with Crippen molar-refractivity contribution in [3.8, 4) is 0 Å². The van der Waals surface area contributed by atoms with Crippen LogP contribution in [0.1, 0.15) is 53.4 Å². The van der Waals surface area contributed by atoms with Crippen LogP contribution >= 0.6 is 0 Å². The summed E-state index contributed by atoms with van der Waals surface area (Å²) in [4.78, 5) is 0. The predicted molar refractivity (Wildman–Crippen MR) is 63.2 cm³/mol. The molecule has 1 fully saturated rings. The molecule has 0 aromatic rings. The third kappa shape index (κ3) is 3.36. The lowest BCUT2D eigenvalue weighted by molar-refractivity contribution is 0.163. The van der Waals surface area contributed by atoms with E-state index in [0.717, 1.165) is 11.6 Å². The molecule has 1 N–H and O–H groups in total. The molecular weight excluding hydrogens is 170 g/mol. The molecule has 0 unspecified atom stereocenters. The van der Waals surface area contributed by atoms with E-state index in [1.54, 1.807) is 0 Å². The minimum absolute atomic E-state index is 0.494. The largest absolute Gasteiger partial charge is 0.386 e. The molecule has 1 saturated carbocycles. The maximum Gasteiger partial charge on any atom is 0.0258 e. The fourth-order valence-corrected chi connectivity index (χ4v) is 2.45. The lowest BCUT2D eigenvalue weighted by Crippen LogP contribution is -2.35. The maximum atomic E-state index is 3.91. The van der Waals surface area contributed by atoms with Crippen molar-refractivity contribution in [3.63, 3.8) is 0 Å². The average molecular weight is 195 g/mol. The highest BCUT2D eigenvalue weighted by molar-refractivity contribution is 4.91. The third-order valence-corrected chi connectivity index (χ3v) is 3.40. The fourth-order valence-electron chi connectivity index (χ4n) is 2.45. The number of hydrogen-bond donors (Lipinski definition) is 1. The summed E-state index contributed by atoms with van der Waals surface area (Å²) in [6.07, 6.45) is 5.37. The van der Waals surface area contributed by atoms with Gasteiger partial charge in [-0.15, -0.1) is 0 Å². The van der Waals surface area contributed by atoms with E-state index in [9.17, 15) is 0 Å². The van der Waals surface area contributed by atoms with Gasteiger partial charge in [0, 0.05) is 11.7 Å². The van der Waals surface area contributed by atoms with Crippen LogP contribution in [0.15, 0.2) is 12.3 Å². The monoisotopic (exact) mass is 195 g/mol. The summed E-state index contributed by atoms with van der Waals surface area (Å²) >= 11 is 0. The quantitative estimate of drug-likeness (QED) is 0.708. The molecule has 0 atom stereocenters. The highest BCUT2D eigenvalue weighted by atomic mass is 14.9. The molecule has 1 aliphatic rings. The standard InChI is InChI=1S/C13H25N/c1-10(2)14-12-8-6-11(7-9-12)13(3,4)5/h11-12,14H,1,6-9H2,2-5H3. The number of hydrogen-bond acceptors (Lipinski definition) is 1. The molecule has 14 heavy (non-hydrogen) atoms. The molecule has 0 saturated heterocycles. The molecule has 1 heteroatoms. The van der Waals surface area contributed by atoms with E-state index in [1.807, 2.05) is 0 Å². The van der Waals surface area contributed by atoms with Gasteiger partial charge in [-0.05, 0) is 43.9 Å². The molecule has 0 aliphatic heterocycles. The van der Waals surface area contributed by atoms with E-state index in [1.165, 1.54) is 25.7 Å². The first-order chi connectivity index (χ1) is 6.39. The smallest absolute Gasteiger partial charge is 0.0258 e. The first-order valence-corrected chi connectivity index (χ1v) is 5.81. The Morgan fingerprint density at radius 2 is 1.64 bits per heavy atom. The molecular formula is C13H25N. The lowest BCUT2D eigenvalue weighted by Gasteiger charge is -2.37. The second-order valence-corrected chi connectivity index (χ2v) is 5.84. The molecule has 0 heterocycles. The molecule has 1 nitrogen and oxygen atoms in total. The van der Waals surface area contributed by atoms with Crippen molar-refractivity contribution >= 4 is 0 Å². The summed E-state index contributed by atoms with van der Waals surface area (Å²) < 4.78 is 0. The van der Waals surface area contributed by atoms with Crippen molar-refractivity contribution in [2.45, 2.75) is 59.4 Å². The first kappa shape index (κ1) is 11.6. The second kappa shape index (κ2) is 4.37. The first-order valence-electron chi connectivity index (χ1n) is 5.81. The molecule has 0 bridgehead atoms. The van der Waals surface area contributed by atoms with Gasteiger partial charge in [-0.1, -0.05) is 27.4 Å². The number of nitrogens with one attached hydrogen (secondary N) is 1. The molecule has 0 amide bonds. The number of rotatable bonds is 2. The average Bonchev–Trinajstić information content (AvgIpc) is 2.02. The summed E-state index contributed by atoms with van der Waals surface area (Å²) in [6, 6.07) is 0.686. The Kier molecular flexibility index (Phi) is 3.63. The van der Waals surface area contributed by atoms with Crippen LogP contribution in [0.25, 0.3) is 0 Å². The molecule has 0 radical (unpaired) electrons. The van der Waals surface area contributed by atoms with Crippen molar-refractivity contribution < 1.29 is 0 Å². The molecule has 0 aromatic carbocycles. The highest BCUT2D eigenvalue weighted by Gasteiger charge is 2.29. The topological polar surface area (TPSA) is 12.0 Å². The minimum atomic E-state index is 0.494. The minimum Gasteiger partial charge on any atom is -0.386 e. The molecule has 0 aromatic heterocycles. The van der Waals surface area contributed by atoms with E-state index in [0.29, 0.717) is 11.5 Å². The van der Waals surface area contributed by atoms with Crippen LogP contribution in [-0.4, -0.2) is 6.04 Å². The number of allylic oxidation sites excluding steroid dienone is 1. The Morgan fingerprint density at radius 1 is 1.14 bits per heavy atom. The van der Waals surface area contributed by atoms with Gasteiger partial charge in [0.25, 0.3) is 0 Å². The molecule has 0 spiro atoms. The van der Waals surface area contributed by atoms with E-state index in [4.69, 9.17) is 0 Å². The summed E-state index contributed by atoms with van der Waals surface area (Å²) in [5, 5.41) is 3.46. The van der Waals surface area contributed by atoms with Crippen molar-refractivity contribution in [1.29, 1.82) is 0 Å². The fraction of sp³-hybridized carbons (Fsp3) is 0.846. The normalized spacial score (nSPS) is 28.6. The van der Waals surface area contributed by atoms with Gasteiger partial charge in [-0.2, -0.15) is 0 Å². The summed E-state index contributed by atoms with van der Waals surface area (Å²) in [7, 11) is 0. The van der Waals surface area contributed by atoms with E-state index >= 15 is 0 Å². The predicted octanol–water partition coefficient (Wildman–Crippen LogP) is 3.71. The molecule has 1 aliphatic carbocycles. The Morgan fingerprint density at radius 3 is 2.00 bits per heavy atom. The summed E-state index contributed by atoms with van der Waals surface area (Å²) in [6.45, 7) is 13.1. The SMILES string of the molecule is C=C(C)NC1CCC(C(C)(C)C)CC1. The van der Waals surface area contributed by atoms with Gasteiger partial charge in [-0.25, -0.2) is 0 Å². The zero-order valence-electron chi connectivity index (χ0n) is 10.2. The van der Waals surface area contributed by atoms with Gasteiger partial charge in [0.1, 0.15) is 0 Å². The van der Waals surface area contributed by atoms with Gasteiger partial charge >= 0.3 is 0 Å². The van der Waals surface area contributed by atoms with Gasteiger partial charge in [0.2, 0.25) is 0 Å². The van der Waals surface area contributed by atoms with Gasteiger partial charge in [0.15, 0.2) is 0 Å². The maximum absolute atomic E-state index is 3.91. The van der Waals surface area contributed by atoms with Crippen molar-refractivity contribution in [3.05, 3.63) is 12.3 Å². The van der Waals surface area contributed by atoms with Crippen molar-refractivity contribution in [2.24, 2.45) is 11.3 Å². The van der Waals surface area contributed by atoms with Crippen LogP contribution in [0.2, 0.25) is 0 Å². The van der Waals surface area contributed by atoms with Crippen LogP contribution < -0.4 is 5.32 Å². The van der Waals surface area contributed by atoms with Crippen LogP contribution in [0, 0.1) is 11.3 Å². The molecule has 82 valence electrons. The zero-order valence-corrected chi connectivity index (χ0v) is 10.2. The second-order valence-electron chi connectivity index (χ2n) is 5.84. The van der Waals surface area contributed by atoms with Gasteiger partial charge in [0.05, 0.1) is 0 Å². The van der Waals surface area contributed by atoms with E-state index in [2.05, 4.69) is 39.6 Å². The Labute approximate surface area is 89.0 Å². The zero-order chi connectivity index (χ0) is 10.8. The highest BCUT2D eigenvalue weighted by Crippen LogP contribution is 2.37. The Hall–Kier alpha value is -0.460. The summed E-state index contributed by atoms with van der Waals surface area (Å²) in [5.41, 5.74) is 1.61.